The van der Waals surface area contributed by atoms with E-state index in [1.807, 2.05) is 38.1 Å². The Morgan fingerprint density at radius 2 is 1.94 bits per heavy atom. The Bertz CT molecular complexity index is 482. The van der Waals surface area contributed by atoms with E-state index in [4.69, 9.17) is 4.74 Å². The maximum atomic E-state index is 11.9. The summed E-state index contributed by atoms with van der Waals surface area (Å²) in [7, 11) is 3.60. The average Bonchev–Trinajstić information content (AvgIpc) is 2.25. The lowest BCUT2D eigenvalue weighted by molar-refractivity contribution is -0.156. The second kappa shape index (κ2) is 3.99. The molecule has 1 atom stereocenters. The Morgan fingerprint density at radius 3 is 2.50 bits per heavy atom. The fourth-order valence-corrected chi connectivity index (χ4v) is 2.72. The summed E-state index contributed by atoms with van der Waals surface area (Å²) in [5.41, 5.74) is -0.808. The number of nitrogens with zero attached hydrogens (tertiary/aromatic N) is 1. The standard InChI is InChI=1S/C14H19NO3/c1-13(2)9-14(12(16)17,15(3)4)10-7-5-6-8-11(10)18-13/h5-8H,9H2,1-4H3,(H,16,17). The molecular weight excluding hydrogens is 230 g/mol. The van der Waals surface area contributed by atoms with Gasteiger partial charge in [0.25, 0.3) is 0 Å². The van der Waals surface area contributed by atoms with Gasteiger partial charge in [0, 0.05) is 12.0 Å². The molecule has 4 heteroatoms. The highest BCUT2D eigenvalue weighted by atomic mass is 16.5. The van der Waals surface area contributed by atoms with Gasteiger partial charge in [-0.3, -0.25) is 4.90 Å². The van der Waals surface area contributed by atoms with Crippen molar-refractivity contribution in [3.05, 3.63) is 29.8 Å². The first-order chi connectivity index (χ1) is 8.29. The number of benzene rings is 1. The third kappa shape index (κ3) is 1.77. The fourth-order valence-electron chi connectivity index (χ4n) is 2.72. The molecule has 98 valence electrons. The summed E-state index contributed by atoms with van der Waals surface area (Å²) >= 11 is 0. The minimum absolute atomic E-state index is 0.416. The molecule has 1 heterocycles. The van der Waals surface area contributed by atoms with Crippen molar-refractivity contribution in [2.75, 3.05) is 14.1 Å². The topological polar surface area (TPSA) is 49.8 Å². The maximum Gasteiger partial charge on any atom is 0.329 e. The van der Waals surface area contributed by atoms with E-state index in [0.717, 1.165) is 5.56 Å². The van der Waals surface area contributed by atoms with E-state index in [1.165, 1.54) is 0 Å². The highest BCUT2D eigenvalue weighted by Gasteiger charge is 2.52. The van der Waals surface area contributed by atoms with Crippen molar-refractivity contribution in [1.82, 2.24) is 4.90 Å². The second-order valence-electron chi connectivity index (χ2n) is 5.59. The lowest BCUT2D eigenvalue weighted by Gasteiger charge is -2.46. The van der Waals surface area contributed by atoms with E-state index in [-0.39, 0.29) is 0 Å². The van der Waals surface area contributed by atoms with Crippen LogP contribution in [-0.2, 0) is 10.3 Å². The predicted octanol–water partition coefficient (Wildman–Crippen LogP) is 2.09. The Balaban J connectivity index is 2.69. The Hall–Kier alpha value is -1.55. The van der Waals surface area contributed by atoms with Crippen LogP contribution < -0.4 is 4.74 Å². The molecule has 0 radical (unpaired) electrons. The van der Waals surface area contributed by atoms with Crippen LogP contribution in [0.15, 0.2) is 24.3 Å². The van der Waals surface area contributed by atoms with Crippen molar-refractivity contribution < 1.29 is 14.6 Å². The number of aliphatic carboxylic acids is 1. The van der Waals surface area contributed by atoms with E-state index in [1.54, 1.807) is 19.0 Å². The van der Waals surface area contributed by atoms with Gasteiger partial charge in [-0.25, -0.2) is 4.79 Å². The fraction of sp³-hybridized carbons (Fsp3) is 0.500. The molecule has 1 N–H and O–H groups in total. The van der Waals surface area contributed by atoms with Gasteiger partial charge in [-0.05, 0) is 34.0 Å². The smallest absolute Gasteiger partial charge is 0.329 e. The molecule has 1 aliphatic rings. The van der Waals surface area contributed by atoms with Gasteiger partial charge >= 0.3 is 5.97 Å². The van der Waals surface area contributed by atoms with Gasteiger partial charge in [0.05, 0.1) is 0 Å². The van der Waals surface area contributed by atoms with Crippen LogP contribution in [0.3, 0.4) is 0 Å². The number of hydrogen-bond donors (Lipinski definition) is 1. The molecule has 0 aromatic heterocycles. The second-order valence-corrected chi connectivity index (χ2v) is 5.59. The van der Waals surface area contributed by atoms with Crippen LogP contribution in [0.5, 0.6) is 5.75 Å². The van der Waals surface area contributed by atoms with E-state index in [9.17, 15) is 9.90 Å². The van der Waals surface area contributed by atoms with Gasteiger partial charge in [-0.1, -0.05) is 18.2 Å². The van der Waals surface area contributed by atoms with Crippen molar-refractivity contribution in [3.63, 3.8) is 0 Å². The molecule has 0 aliphatic carbocycles. The molecule has 0 amide bonds. The van der Waals surface area contributed by atoms with Crippen LogP contribution in [0.2, 0.25) is 0 Å². The van der Waals surface area contributed by atoms with Crippen LogP contribution in [0.25, 0.3) is 0 Å². The average molecular weight is 249 g/mol. The number of carboxylic acid groups (broad SMARTS) is 1. The van der Waals surface area contributed by atoms with Crippen LogP contribution in [0.4, 0.5) is 0 Å². The molecule has 1 aromatic rings. The number of hydrogen-bond acceptors (Lipinski definition) is 3. The quantitative estimate of drug-likeness (QED) is 0.872. The summed E-state index contributed by atoms with van der Waals surface area (Å²) in [5, 5.41) is 9.74. The number of ether oxygens (including phenoxy) is 1. The molecule has 1 aliphatic heterocycles. The van der Waals surface area contributed by atoms with Gasteiger partial charge in [-0.2, -0.15) is 0 Å². The molecule has 0 saturated carbocycles. The predicted molar refractivity (Wildman–Crippen MR) is 68.8 cm³/mol. The Kier molecular flexibility index (Phi) is 2.86. The first-order valence-electron chi connectivity index (χ1n) is 5.99. The van der Waals surface area contributed by atoms with Crippen molar-refractivity contribution in [3.8, 4) is 5.75 Å². The number of carboxylic acids is 1. The molecular formula is C14H19NO3. The van der Waals surface area contributed by atoms with Crippen molar-refractivity contribution in [2.24, 2.45) is 0 Å². The number of likely N-dealkylation sites (N-methyl/N-ethyl adjacent to an activating group) is 1. The van der Waals surface area contributed by atoms with Crippen molar-refractivity contribution in [2.45, 2.75) is 31.4 Å². The van der Waals surface area contributed by atoms with Crippen LogP contribution in [-0.4, -0.2) is 35.7 Å². The Morgan fingerprint density at radius 1 is 1.33 bits per heavy atom. The van der Waals surface area contributed by atoms with Gasteiger partial charge in [0.15, 0.2) is 5.54 Å². The summed E-state index contributed by atoms with van der Waals surface area (Å²) in [5.74, 6) is -0.179. The maximum absolute atomic E-state index is 11.9. The van der Waals surface area contributed by atoms with E-state index < -0.39 is 17.1 Å². The lowest BCUT2D eigenvalue weighted by atomic mass is 9.76. The SMILES string of the molecule is CN(C)C1(C(=O)O)CC(C)(C)Oc2ccccc21. The van der Waals surface area contributed by atoms with Crippen LogP contribution >= 0.6 is 0 Å². The molecule has 4 nitrogen and oxygen atoms in total. The number of fused-ring (bicyclic) bond motifs is 1. The van der Waals surface area contributed by atoms with E-state index in [0.29, 0.717) is 12.2 Å². The largest absolute Gasteiger partial charge is 0.487 e. The zero-order chi connectivity index (χ0) is 13.6. The number of rotatable bonds is 2. The molecule has 0 spiro atoms. The molecule has 0 fully saturated rings. The van der Waals surface area contributed by atoms with Gasteiger partial charge in [-0.15, -0.1) is 0 Å². The monoisotopic (exact) mass is 249 g/mol. The van der Waals surface area contributed by atoms with Crippen LogP contribution in [0.1, 0.15) is 25.8 Å². The van der Waals surface area contributed by atoms with Crippen LogP contribution in [0, 0.1) is 0 Å². The molecule has 1 aromatic carbocycles. The summed E-state index contributed by atoms with van der Waals surface area (Å²) < 4.78 is 5.88. The lowest BCUT2D eigenvalue weighted by Crippen LogP contribution is -2.56. The highest BCUT2D eigenvalue weighted by Crippen LogP contribution is 2.46. The minimum Gasteiger partial charge on any atom is -0.487 e. The highest BCUT2D eigenvalue weighted by molar-refractivity contribution is 5.82. The third-order valence-corrected chi connectivity index (χ3v) is 3.52. The first kappa shape index (κ1) is 12.9. The molecule has 2 rings (SSSR count). The molecule has 1 unspecified atom stereocenters. The van der Waals surface area contributed by atoms with Gasteiger partial charge in [0.2, 0.25) is 0 Å². The van der Waals surface area contributed by atoms with Crippen molar-refractivity contribution in [1.29, 1.82) is 0 Å². The molecule has 0 saturated heterocycles. The third-order valence-electron chi connectivity index (χ3n) is 3.52. The minimum atomic E-state index is -1.03. The zero-order valence-corrected chi connectivity index (χ0v) is 11.2. The van der Waals surface area contributed by atoms with Gasteiger partial charge < -0.3 is 9.84 Å². The summed E-state index contributed by atoms with van der Waals surface area (Å²) in [6.45, 7) is 3.84. The number of para-hydroxylation sites is 1. The molecule has 0 bridgehead atoms. The normalized spacial score (nSPS) is 25.4. The Labute approximate surface area is 107 Å². The first-order valence-corrected chi connectivity index (χ1v) is 5.99. The number of carbonyl (C=O) groups is 1. The van der Waals surface area contributed by atoms with Crippen molar-refractivity contribution >= 4 is 5.97 Å². The molecule has 18 heavy (non-hydrogen) atoms. The summed E-state index contributed by atoms with van der Waals surface area (Å²) in [6.07, 6.45) is 0.416. The van der Waals surface area contributed by atoms with Gasteiger partial charge in [0.1, 0.15) is 11.4 Å². The summed E-state index contributed by atoms with van der Waals surface area (Å²) in [6, 6.07) is 7.38. The zero-order valence-electron chi connectivity index (χ0n) is 11.2. The van der Waals surface area contributed by atoms with E-state index in [2.05, 4.69) is 0 Å². The summed E-state index contributed by atoms with van der Waals surface area (Å²) in [4.78, 5) is 13.6. The van der Waals surface area contributed by atoms with E-state index >= 15 is 0 Å².